The number of carbonyl (C=O) groups is 1. The van der Waals surface area contributed by atoms with Crippen LogP contribution in [0.5, 0.6) is 0 Å². The van der Waals surface area contributed by atoms with Crippen molar-refractivity contribution in [2.75, 3.05) is 32.9 Å². The minimum absolute atomic E-state index is 0.101. The molecule has 0 bridgehead atoms. The Morgan fingerprint density at radius 3 is 2.57 bits per heavy atom. The molecule has 0 unspecified atom stereocenters. The first-order chi connectivity index (χ1) is 16.8. The van der Waals surface area contributed by atoms with Gasteiger partial charge >= 0.3 is 5.97 Å². The van der Waals surface area contributed by atoms with Crippen LogP contribution >= 0.6 is 11.6 Å². The van der Waals surface area contributed by atoms with Gasteiger partial charge in [-0.2, -0.15) is 5.10 Å². The first-order valence-electron chi connectivity index (χ1n) is 11.2. The highest BCUT2D eigenvalue weighted by atomic mass is 35.5. The summed E-state index contributed by atoms with van der Waals surface area (Å²) in [5.41, 5.74) is 2.19. The van der Waals surface area contributed by atoms with Crippen LogP contribution in [0.1, 0.15) is 28.5 Å². The number of nitrogens with zero attached hydrogens (tertiary/aromatic N) is 3. The van der Waals surface area contributed by atoms with E-state index in [2.05, 4.69) is 10.00 Å². The maximum absolute atomic E-state index is 14.9. The van der Waals surface area contributed by atoms with Crippen LogP contribution in [-0.4, -0.2) is 62.0 Å². The number of halogens is 2. The zero-order valence-electron chi connectivity index (χ0n) is 19.0. The quantitative estimate of drug-likeness (QED) is 0.475. The van der Waals surface area contributed by atoms with E-state index >= 15 is 0 Å². The number of morpholine rings is 1. The van der Waals surface area contributed by atoms with Gasteiger partial charge in [0.1, 0.15) is 4.90 Å². The molecule has 0 radical (unpaired) electrons. The normalized spacial score (nSPS) is 17.0. The number of hydrogen-bond donors (Lipinski definition) is 0. The standard InChI is InChI=1S/C24H23ClFN3O5S/c1-2-34-24(30)21-18-14-35(31,32)23-17(7-8-19(25)20(23)26)22(18)29(27-21)16-5-3-15(4-6-16)13-28-9-11-33-12-10-28/h3-8H,2,9-14H2,1H3. The van der Waals surface area contributed by atoms with Gasteiger partial charge in [0, 0.05) is 30.8 Å². The topological polar surface area (TPSA) is 90.7 Å². The highest BCUT2D eigenvalue weighted by Crippen LogP contribution is 2.43. The second-order valence-electron chi connectivity index (χ2n) is 8.36. The van der Waals surface area contributed by atoms with Crippen molar-refractivity contribution in [1.82, 2.24) is 14.7 Å². The van der Waals surface area contributed by atoms with Crippen molar-refractivity contribution >= 4 is 27.4 Å². The molecule has 0 N–H and O–H groups in total. The molecule has 0 spiro atoms. The summed E-state index contributed by atoms with van der Waals surface area (Å²) in [6.07, 6.45) is 0. The summed E-state index contributed by atoms with van der Waals surface area (Å²) >= 11 is 5.90. The second-order valence-corrected chi connectivity index (χ2v) is 10.7. The number of ether oxygens (including phenoxy) is 2. The summed E-state index contributed by atoms with van der Waals surface area (Å²) in [6.45, 7) is 5.64. The van der Waals surface area contributed by atoms with E-state index in [-0.39, 0.29) is 28.5 Å². The number of carbonyl (C=O) groups excluding carboxylic acids is 1. The van der Waals surface area contributed by atoms with Gasteiger partial charge in [-0.3, -0.25) is 4.90 Å². The fraction of sp³-hybridized carbons (Fsp3) is 0.333. The summed E-state index contributed by atoms with van der Waals surface area (Å²) < 4.78 is 53.0. The van der Waals surface area contributed by atoms with Crippen molar-refractivity contribution in [2.45, 2.75) is 24.1 Å². The molecule has 0 aliphatic carbocycles. The Morgan fingerprint density at radius 1 is 1.17 bits per heavy atom. The summed E-state index contributed by atoms with van der Waals surface area (Å²) in [7, 11) is -4.11. The molecule has 0 amide bonds. The molecule has 5 rings (SSSR count). The molecule has 0 atom stereocenters. The minimum Gasteiger partial charge on any atom is -0.461 e. The van der Waals surface area contributed by atoms with Crippen LogP contribution in [0.4, 0.5) is 4.39 Å². The highest BCUT2D eigenvalue weighted by molar-refractivity contribution is 7.91. The number of aromatic nitrogens is 2. The van der Waals surface area contributed by atoms with E-state index in [4.69, 9.17) is 21.1 Å². The molecule has 11 heteroatoms. The predicted octanol–water partition coefficient (Wildman–Crippen LogP) is 3.63. The van der Waals surface area contributed by atoms with Crippen LogP contribution in [-0.2, 0) is 31.6 Å². The van der Waals surface area contributed by atoms with Crippen LogP contribution in [0.15, 0.2) is 41.3 Å². The van der Waals surface area contributed by atoms with Crippen molar-refractivity contribution in [3.8, 4) is 16.9 Å². The Hall–Kier alpha value is -2.79. The van der Waals surface area contributed by atoms with Crippen LogP contribution in [0.25, 0.3) is 16.9 Å². The van der Waals surface area contributed by atoms with Gasteiger partial charge in [0.05, 0.1) is 42.0 Å². The van der Waals surface area contributed by atoms with Crippen LogP contribution < -0.4 is 0 Å². The number of benzene rings is 2. The Morgan fingerprint density at radius 2 is 1.89 bits per heavy atom. The van der Waals surface area contributed by atoms with Gasteiger partial charge in [0.2, 0.25) is 0 Å². The first-order valence-corrected chi connectivity index (χ1v) is 13.2. The van der Waals surface area contributed by atoms with Crippen molar-refractivity contribution in [2.24, 2.45) is 0 Å². The SMILES string of the molecule is CCOC(=O)c1nn(-c2ccc(CN3CCOCC3)cc2)c2c1CS(=O)(=O)c1c-2ccc(Cl)c1F. The molecule has 1 saturated heterocycles. The van der Waals surface area contributed by atoms with Crippen molar-refractivity contribution < 1.29 is 27.1 Å². The van der Waals surface area contributed by atoms with Crippen LogP contribution in [0, 0.1) is 5.82 Å². The fourth-order valence-electron chi connectivity index (χ4n) is 4.46. The van der Waals surface area contributed by atoms with E-state index in [1.807, 2.05) is 24.3 Å². The lowest BCUT2D eigenvalue weighted by Crippen LogP contribution is -2.35. The molecule has 2 aromatic carbocycles. The third-order valence-corrected chi connectivity index (χ3v) is 8.08. The number of sulfone groups is 1. The fourth-order valence-corrected chi connectivity index (χ4v) is 6.35. The molecule has 35 heavy (non-hydrogen) atoms. The monoisotopic (exact) mass is 519 g/mol. The third kappa shape index (κ3) is 4.35. The predicted molar refractivity (Wildman–Crippen MR) is 127 cm³/mol. The van der Waals surface area contributed by atoms with E-state index in [0.29, 0.717) is 24.6 Å². The zero-order chi connectivity index (χ0) is 24.7. The van der Waals surface area contributed by atoms with Gasteiger partial charge in [-0.05, 0) is 36.8 Å². The number of hydrogen-bond acceptors (Lipinski definition) is 7. The summed E-state index contributed by atoms with van der Waals surface area (Å²) in [6, 6.07) is 10.3. The van der Waals surface area contributed by atoms with Gasteiger partial charge in [0.25, 0.3) is 0 Å². The lowest BCUT2D eigenvalue weighted by Gasteiger charge is -2.26. The van der Waals surface area contributed by atoms with Gasteiger partial charge in [-0.15, -0.1) is 0 Å². The van der Waals surface area contributed by atoms with Crippen molar-refractivity contribution in [3.63, 3.8) is 0 Å². The Balaban J connectivity index is 1.63. The lowest BCUT2D eigenvalue weighted by atomic mass is 10.0. The lowest BCUT2D eigenvalue weighted by molar-refractivity contribution is 0.0342. The largest absolute Gasteiger partial charge is 0.461 e. The van der Waals surface area contributed by atoms with Gasteiger partial charge in [-0.1, -0.05) is 23.7 Å². The molecule has 184 valence electrons. The summed E-state index contributed by atoms with van der Waals surface area (Å²) in [5, 5.41) is 4.15. The first kappa shape index (κ1) is 23.9. The smallest absolute Gasteiger partial charge is 0.359 e. The van der Waals surface area contributed by atoms with E-state index in [9.17, 15) is 17.6 Å². The average Bonchev–Trinajstić information content (AvgIpc) is 3.21. The number of fused-ring (bicyclic) bond motifs is 3. The molecule has 8 nitrogen and oxygen atoms in total. The molecule has 2 aliphatic rings. The second kappa shape index (κ2) is 9.34. The highest BCUT2D eigenvalue weighted by Gasteiger charge is 2.39. The Kier molecular flexibility index (Phi) is 6.39. The molecular formula is C24H23ClFN3O5S. The number of rotatable bonds is 5. The van der Waals surface area contributed by atoms with Crippen LogP contribution in [0.2, 0.25) is 5.02 Å². The van der Waals surface area contributed by atoms with E-state index < -0.39 is 32.3 Å². The minimum atomic E-state index is -4.11. The molecule has 0 saturated carbocycles. The van der Waals surface area contributed by atoms with Crippen LogP contribution in [0.3, 0.4) is 0 Å². The zero-order valence-corrected chi connectivity index (χ0v) is 20.5. The molecule has 3 heterocycles. The maximum atomic E-state index is 14.9. The van der Waals surface area contributed by atoms with E-state index in [1.165, 1.54) is 16.8 Å². The van der Waals surface area contributed by atoms with Gasteiger partial charge < -0.3 is 9.47 Å². The Labute approximate surface area is 207 Å². The van der Waals surface area contributed by atoms with E-state index in [0.717, 1.165) is 25.2 Å². The Bertz CT molecular complexity index is 1400. The maximum Gasteiger partial charge on any atom is 0.359 e. The molecule has 1 aromatic heterocycles. The molecular weight excluding hydrogens is 497 g/mol. The summed E-state index contributed by atoms with van der Waals surface area (Å²) in [5.74, 6) is -2.34. The third-order valence-electron chi connectivity index (χ3n) is 6.09. The van der Waals surface area contributed by atoms with Crippen molar-refractivity contribution in [1.29, 1.82) is 0 Å². The average molecular weight is 520 g/mol. The summed E-state index contributed by atoms with van der Waals surface area (Å²) in [4.78, 5) is 14.5. The van der Waals surface area contributed by atoms with Crippen molar-refractivity contribution in [3.05, 3.63) is 64.1 Å². The van der Waals surface area contributed by atoms with E-state index in [1.54, 1.807) is 6.92 Å². The molecule has 1 fully saturated rings. The molecule has 3 aromatic rings. The van der Waals surface area contributed by atoms with Gasteiger partial charge in [-0.25, -0.2) is 22.3 Å². The van der Waals surface area contributed by atoms with Gasteiger partial charge in [0.15, 0.2) is 21.3 Å². The number of esters is 1. The molecule has 2 aliphatic heterocycles.